The monoisotopic (exact) mass is 506 g/mol. The Labute approximate surface area is 218 Å². The molecule has 4 nitrogen and oxygen atoms in total. The highest BCUT2D eigenvalue weighted by Gasteiger charge is 2.36. The lowest BCUT2D eigenvalue weighted by molar-refractivity contribution is -0.119. The summed E-state index contributed by atoms with van der Waals surface area (Å²) in [7, 11) is 0. The second-order valence-electron chi connectivity index (χ2n) is 9.96. The van der Waals surface area contributed by atoms with Crippen LogP contribution < -0.4 is 5.32 Å². The average Bonchev–Trinajstić information content (AvgIpc) is 2.92. The minimum atomic E-state index is -0.364. The maximum Gasteiger partial charge on any atom is 0.216 e. The predicted molar refractivity (Wildman–Crippen MR) is 142 cm³/mol. The minimum absolute atomic E-state index is 0.0114. The number of halogens is 2. The van der Waals surface area contributed by atoms with Gasteiger partial charge in [0.1, 0.15) is 17.7 Å². The van der Waals surface area contributed by atoms with E-state index in [0.29, 0.717) is 13.2 Å². The van der Waals surface area contributed by atoms with Crippen LogP contribution in [0.1, 0.15) is 55.4 Å². The highest BCUT2D eigenvalue weighted by Crippen LogP contribution is 2.35. The number of piperidine rings is 1. The van der Waals surface area contributed by atoms with Crippen molar-refractivity contribution in [3.8, 4) is 0 Å². The quantitative estimate of drug-likeness (QED) is 0.323. The summed E-state index contributed by atoms with van der Waals surface area (Å²) in [6, 6.07) is 23.1. The molecule has 0 atom stereocenters. The maximum atomic E-state index is 13.4. The number of nitrogens with zero attached hydrogens (tertiary/aromatic N) is 1. The Hall–Kier alpha value is -3.09. The number of ether oxygens (including phenoxy) is 1. The van der Waals surface area contributed by atoms with E-state index in [2.05, 4.69) is 34.5 Å². The lowest BCUT2D eigenvalue weighted by Gasteiger charge is -2.42. The number of amides is 1. The average molecular weight is 507 g/mol. The van der Waals surface area contributed by atoms with Gasteiger partial charge in [-0.05, 0) is 86.3 Å². The number of nitrogens with one attached hydrogen (secondary N) is 1. The normalized spacial score (nSPS) is 15.6. The molecule has 6 heteroatoms. The summed E-state index contributed by atoms with van der Waals surface area (Å²) >= 11 is 0. The van der Waals surface area contributed by atoms with Crippen LogP contribution in [0.2, 0.25) is 0 Å². The molecule has 4 rings (SSSR count). The van der Waals surface area contributed by atoms with Crippen LogP contribution in [0.3, 0.4) is 0 Å². The summed E-state index contributed by atoms with van der Waals surface area (Å²) in [5, 5.41) is 3.06. The fourth-order valence-electron chi connectivity index (χ4n) is 5.16. The van der Waals surface area contributed by atoms with Crippen LogP contribution >= 0.6 is 0 Å². The van der Waals surface area contributed by atoms with Gasteiger partial charge in [-0.2, -0.15) is 0 Å². The first-order chi connectivity index (χ1) is 17.9. The zero-order chi connectivity index (χ0) is 26.1. The highest BCUT2D eigenvalue weighted by atomic mass is 19.1. The molecule has 1 aliphatic heterocycles. The van der Waals surface area contributed by atoms with Crippen molar-refractivity contribution in [3.05, 3.63) is 107 Å². The van der Waals surface area contributed by atoms with Crippen molar-refractivity contribution >= 4 is 5.91 Å². The maximum absolute atomic E-state index is 13.4. The molecule has 1 saturated heterocycles. The summed E-state index contributed by atoms with van der Waals surface area (Å²) in [5.41, 5.74) is 2.97. The first kappa shape index (κ1) is 27.0. The zero-order valence-corrected chi connectivity index (χ0v) is 21.5. The number of carbonyl (C=O) groups is 1. The molecule has 1 amide bonds. The van der Waals surface area contributed by atoms with Crippen molar-refractivity contribution in [3.63, 3.8) is 0 Å². The fraction of sp³-hybridized carbons (Fsp3) is 0.387. The van der Waals surface area contributed by atoms with E-state index in [4.69, 9.17) is 4.74 Å². The van der Waals surface area contributed by atoms with Gasteiger partial charge >= 0.3 is 0 Å². The van der Waals surface area contributed by atoms with Crippen molar-refractivity contribution < 1.29 is 18.3 Å². The Morgan fingerprint density at radius 3 is 2.00 bits per heavy atom. The van der Waals surface area contributed by atoms with E-state index in [1.54, 1.807) is 31.2 Å². The third-order valence-corrected chi connectivity index (χ3v) is 7.37. The SMILES string of the molecule is CC(=O)NCC1(c2ccccc2)CCN(CCCCOC(c2ccc(F)cc2)c2ccc(F)cc2)CC1. The van der Waals surface area contributed by atoms with E-state index in [1.807, 2.05) is 6.07 Å². The Balaban J connectivity index is 1.27. The Kier molecular flexibility index (Phi) is 9.42. The van der Waals surface area contributed by atoms with Gasteiger partial charge in [-0.1, -0.05) is 54.6 Å². The standard InChI is InChI=1S/C31H36F2N2O2/c1-24(36)34-23-31(27-7-3-2-4-8-27)17-20-35(21-18-31)19-5-6-22-37-30(25-9-13-28(32)14-10-25)26-11-15-29(33)16-12-26/h2-4,7-16,30H,5-6,17-23H2,1H3,(H,34,36). The third kappa shape index (κ3) is 7.46. The highest BCUT2D eigenvalue weighted by molar-refractivity contribution is 5.73. The van der Waals surface area contributed by atoms with Crippen LogP contribution in [-0.2, 0) is 14.9 Å². The molecule has 0 spiro atoms. The molecular weight excluding hydrogens is 470 g/mol. The summed E-state index contributed by atoms with van der Waals surface area (Å²) in [6.07, 6.45) is 3.54. The van der Waals surface area contributed by atoms with E-state index in [9.17, 15) is 13.6 Å². The van der Waals surface area contributed by atoms with Gasteiger partial charge in [0, 0.05) is 25.5 Å². The topological polar surface area (TPSA) is 41.6 Å². The van der Waals surface area contributed by atoms with Gasteiger partial charge in [0.05, 0.1) is 0 Å². The second kappa shape index (κ2) is 12.9. The number of rotatable bonds is 11. The number of hydrogen-bond acceptors (Lipinski definition) is 3. The van der Waals surface area contributed by atoms with Gasteiger partial charge in [-0.3, -0.25) is 4.79 Å². The molecule has 1 heterocycles. The van der Waals surface area contributed by atoms with Gasteiger partial charge in [0.25, 0.3) is 0 Å². The molecule has 0 unspecified atom stereocenters. The molecule has 0 saturated carbocycles. The molecule has 3 aromatic carbocycles. The van der Waals surface area contributed by atoms with Gasteiger partial charge in [0.2, 0.25) is 5.91 Å². The minimum Gasteiger partial charge on any atom is -0.369 e. The van der Waals surface area contributed by atoms with Gasteiger partial charge < -0.3 is 15.0 Å². The smallest absolute Gasteiger partial charge is 0.216 e. The lowest BCUT2D eigenvalue weighted by Crippen LogP contribution is -2.48. The number of likely N-dealkylation sites (tertiary alicyclic amines) is 1. The third-order valence-electron chi connectivity index (χ3n) is 7.37. The van der Waals surface area contributed by atoms with E-state index >= 15 is 0 Å². The first-order valence-corrected chi connectivity index (χ1v) is 13.1. The number of unbranched alkanes of at least 4 members (excludes halogenated alkanes) is 1. The fourth-order valence-corrected chi connectivity index (χ4v) is 5.16. The van der Waals surface area contributed by atoms with Gasteiger partial charge in [0.15, 0.2) is 0 Å². The molecule has 196 valence electrons. The first-order valence-electron chi connectivity index (χ1n) is 13.1. The van der Waals surface area contributed by atoms with Crippen molar-refractivity contribution in [1.82, 2.24) is 10.2 Å². The van der Waals surface area contributed by atoms with Crippen LogP contribution in [0.5, 0.6) is 0 Å². The molecule has 0 aromatic heterocycles. The van der Waals surface area contributed by atoms with E-state index in [1.165, 1.54) is 29.8 Å². The molecule has 37 heavy (non-hydrogen) atoms. The summed E-state index contributed by atoms with van der Waals surface area (Å²) in [4.78, 5) is 14.1. The van der Waals surface area contributed by atoms with Gasteiger partial charge in [-0.15, -0.1) is 0 Å². The number of hydrogen-bond donors (Lipinski definition) is 1. The summed E-state index contributed by atoms with van der Waals surface area (Å²) in [5.74, 6) is -0.578. The van der Waals surface area contributed by atoms with Gasteiger partial charge in [-0.25, -0.2) is 8.78 Å². The largest absolute Gasteiger partial charge is 0.369 e. The molecule has 0 aliphatic carbocycles. The van der Waals surface area contributed by atoms with Crippen LogP contribution in [0.15, 0.2) is 78.9 Å². The molecule has 1 aliphatic rings. The predicted octanol–water partition coefficient (Wildman–Crippen LogP) is 6.02. The molecule has 0 radical (unpaired) electrons. The Morgan fingerprint density at radius 1 is 0.892 bits per heavy atom. The molecule has 3 aromatic rings. The van der Waals surface area contributed by atoms with E-state index in [0.717, 1.165) is 56.4 Å². The summed E-state index contributed by atoms with van der Waals surface area (Å²) in [6.45, 7) is 5.77. The van der Waals surface area contributed by atoms with Crippen LogP contribution in [-0.4, -0.2) is 43.6 Å². The van der Waals surface area contributed by atoms with Crippen LogP contribution in [0.4, 0.5) is 8.78 Å². The molecule has 1 fully saturated rings. The van der Waals surface area contributed by atoms with Crippen molar-refractivity contribution in [2.24, 2.45) is 0 Å². The number of carbonyl (C=O) groups excluding carboxylic acids is 1. The van der Waals surface area contributed by atoms with Crippen molar-refractivity contribution in [2.45, 2.75) is 44.1 Å². The lowest BCUT2D eigenvalue weighted by atomic mass is 9.72. The Bertz CT molecular complexity index is 1070. The zero-order valence-electron chi connectivity index (χ0n) is 21.5. The van der Waals surface area contributed by atoms with Crippen LogP contribution in [0, 0.1) is 11.6 Å². The van der Waals surface area contributed by atoms with E-state index < -0.39 is 0 Å². The molecular formula is C31H36F2N2O2. The van der Waals surface area contributed by atoms with Crippen molar-refractivity contribution in [2.75, 3.05) is 32.8 Å². The summed E-state index contributed by atoms with van der Waals surface area (Å²) < 4.78 is 33.1. The molecule has 1 N–H and O–H groups in total. The van der Waals surface area contributed by atoms with Crippen molar-refractivity contribution in [1.29, 1.82) is 0 Å². The Morgan fingerprint density at radius 2 is 1.46 bits per heavy atom. The second-order valence-corrected chi connectivity index (χ2v) is 9.96. The molecule has 0 bridgehead atoms. The number of benzene rings is 3. The van der Waals surface area contributed by atoms with Crippen LogP contribution in [0.25, 0.3) is 0 Å². The van der Waals surface area contributed by atoms with E-state index in [-0.39, 0.29) is 29.1 Å².